The zero-order valence-corrected chi connectivity index (χ0v) is 19.7. The number of pyridine rings is 1. The summed E-state index contributed by atoms with van der Waals surface area (Å²) in [4.78, 5) is 29.5. The van der Waals surface area contributed by atoms with Gasteiger partial charge in [-0.25, -0.2) is 8.42 Å². The number of aromatic nitrogens is 1. The molecular weight excluding hydrogens is 428 g/mol. The quantitative estimate of drug-likeness (QED) is 0.687. The molecule has 0 saturated heterocycles. The van der Waals surface area contributed by atoms with E-state index in [1.54, 1.807) is 50.8 Å². The Morgan fingerprint density at radius 3 is 2.56 bits per heavy atom. The third-order valence-corrected chi connectivity index (χ3v) is 8.15. The van der Waals surface area contributed by atoms with Gasteiger partial charge in [0.15, 0.2) is 0 Å². The zero-order chi connectivity index (χ0) is 23.6. The van der Waals surface area contributed by atoms with Gasteiger partial charge in [0, 0.05) is 37.4 Å². The molecular formula is C23H28N4O4S. The van der Waals surface area contributed by atoms with E-state index in [1.807, 2.05) is 6.07 Å². The Morgan fingerprint density at radius 1 is 1.25 bits per heavy atom. The molecule has 0 spiro atoms. The van der Waals surface area contributed by atoms with Gasteiger partial charge >= 0.3 is 0 Å². The molecule has 1 aromatic carbocycles. The first-order valence-electron chi connectivity index (χ1n) is 10.7. The number of rotatable bonds is 7. The summed E-state index contributed by atoms with van der Waals surface area (Å²) in [6, 6.07) is 6.87. The lowest BCUT2D eigenvalue weighted by atomic mass is 9.99. The molecule has 1 amide bonds. The maximum atomic E-state index is 13.0. The van der Waals surface area contributed by atoms with E-state index in [9.17, 15) is 23.3 Å². The van der Waals surface area contributed by atoms with E-state index in [4.69, 9.17) is 0 Å². The van der Waals surface area contributed by atoms with Gasteiger partial charge in [-0.2, -0.15) is 9.57 Å². The first kappa shape index (κ1) is 23.7. The first-order chi connectivity index (χ1) is 15.1. The van der Waals surface area contributed by atoms with Crippen molar-refractivity contribution in [2.45, 2.75) is 51.9 Å². The van der Waals surface area contributed by atoms with Crippen LogP contribution in [0.2, 0.25) is 0 Å². The van der Waals surface area contributed by atoms with Crippen LogP contribution in [0.3, 0.4) is 0 Å². The Kier molecular flexibility index (Phi) is 6.86. The highest BCUT2D eigenvalue weighted by Gasteiger charge is 2.28. The highest BCUT2D eigenvalue weighted by atomic mass is 32.2. The molecule has 8 nitrogen and oxygen atoms in total. The number of hydrogen-bond acceptors (Lipinski definition) is 5. The standard InChI is InChI=1S/C23H28N4O4S/c1-5-26(6-2)32(30,31)18-7-9-21-17(13-18)11-12-27(21)22(28)10-8-19-15(3)20(14-24)23(29)25-16(19)4/h7,9,13H,5-6,8,10-12H2,1-4H3,(H,25,29). The summed E-state index contributed by atoms with van der Waals surface area (Å²) in [6.45, 7) is 8.40. The maximum absolute atomic E-state index is 13.0. The number of anilines is 1. The Bertz CT molecular complexity index is 1250. The van der Waals surface area contributed by atoms with Crippen molar-refractivity contribution in [1.29, 1.82) is 5.26 Å². The summed E-state index contributed by atoms with van der Waals surface area (Å²) in [5.41, 5.74) is 3.31. The molecule has 2 aromatic rings. The molecule has 170 valence electrons. The lowest BCUT2D eigenvalue weighted by Gasteiger charge is -2.20. The van der Waals surface area contributed by atoms with Crippen LogP contribution in [0, 0.1) is 25.2 Å². The van der Waals surface area contributed by atoms with Gasteiger partial charge in [-0.3, -0.25) is 9.59 Å². The molecule has 1 N–H and O–H groups in total. The fraction of sp³-hybridized carbons (Fsp3) is 0.435. The predicted octanol–water partition coefficient (Wildman–Crippen LogP) is 2.42. The Hall–Kier alpha value is -2.96. The number of amides is 1. The summed E-state index contributed by atoms with van der Waals surface area (Å²) in [5.74, 6) is -0.0772. The highest BCUT2D eigenvalue weighted by Crippen LogP contribution is 2.32. The number of sulfonamides is 1. The van der Waals surface area contributed by atoms with Gasteiger partial charge in [0.2, 0.25) is 15.9 Å². The van der Waals surface area contributed by atoms with Gasteiger partial charge in [0.25, 0.3) is 5.56 Å². The number of hydrogen-bond donors (Lipinski definition) is 1. The fourth-order valence-corrected chi connectivity index (χ4v) is 5.81. The van der Waals surface area contributed by atoms with E-state index in [0.29, 0.717) is 43.7 Å². The monoisotopic (exact) mass is 456 g/mol. The number of aromatic amines is 1. The van der Waals surface area contributed by atoms with Gasteiger partial charge < -0.3 is 9.88 Å². The van der Waals surface area contributed by atoms with Gasteiger partial charge in [-0.1, -0.05) is 13.8 Å². The number of carbonyl (C=O) groups excluding carboxylic acids is 1. The van der Waals surface area contributed by atoms with Crippen molar-refractivity contribution >= 4 is 21.6 Å². The van der Waals surface area contributed by atoms with E-state index in [1.165, 1.54) is 4.31 Å². The van der Waals surface area contributed by atoms with Gasteiger partial charge in [0.1, 0.15) is 11.6 Å². The van der Waals surface area contributed by atoms with Crippen molar-refractivity contribution in [3.8, 4) is 6.07 Å². The third-order valence-electron chi connectivity index (χ3n) is 6.10. The molecule has 0 saturated carbocycles. The molecule has 0 radical (unpaired) electrons. The number of benzene rings is 1. The van der Waals surface area contributed by atoms with E-state index >= 15 is 0 Å². The van der Waals surface area contributed by atoms with Crippen molar-refractivity contribution in [2.24, 2.45) is 0 Å². The number of nitrogens with zero attached hydrogens (tertiary/aromatic N) is 3. The van der Waals surface area contributed by atoms with Crippen LogP contribution in [-0.2, 0) is 27.7 Å². The van der Waals surface area contributed by atoms with Crippen LogP contribution in [0.25, 0.3) is 0 Å². The van der Waals surface area contributed by atoms with Gasteiger partial charge in [-0.15, -0.1) is 0 Å². The fourth-order valence-electron chi connectivity index (χ4n) is 4.30. The number of H-pyrrole nitrogens is 1. The molecule has 0 aliphatic carbocycles. The van der Waals surface area contributed by atoms with Crippen LogP contribution in [0.1, 0.15) is 48.2 Å². The van der Waals surface area contributed by atoms with Crippen molar-refractivity contribution in [3.63, 3.8) is 0 Å². The molecule has 9 heteroatoms. The summed E-state index contributed by atoms with van der Waals surface area (Å²) >= 11 is 0. The van der Waals surface area contributed by atoms with Crippen molar-refractivity contribution < 1.29 is 13.2 Å². The molecule has 1 aliphatic rings. The number of nitriles is 1. The van der Waals surface area contributed by atoms with Gasteiger partial charge in [-0.05, 0) is 61.6 Å². The van der Waals surface area contributed by atoms with Crippen molar-refractivity contribution in [3.05, 3.63) is 56.5 Å². The molecule has 2 heterocycles. The van der Waals surface area contributed by atoms with Crippen LogP contribution < -0.4 is 10.5 Å². The summed E-state index contributed by atoms with van der Waals surface area (Å²) < 4.78 is 27.0. The molecule has 1 aromatic heterocycles. The number of nitrogens with one attached hydrogen (secondary N) is 1. The van der Waals surface area contributed by atoms with Crippen LogP contribution >= 0.6 is 0 Å². The first-order valence-corrected chi connectivity index (χ1v) is 12.2. The Morgan fingerprint density at radius 2 is 1.94 bits per heavy atom. The molecule has 0 bridgehead atoms. The Labute approximate surface area is 188 Å². The zero-order valence-electron chi connectivity index (χ0n) is 18.9. The average molecular weight is 457 g/mol. The van der Waals surface area contributed by atoms with Gasteiger partial charge in [0.05, 0.1) is 4.90 Å². The van der Waals surface area contributed by atoms with E-state index in [-0.39, 0.29) is 22.8 Å². The predicted molar refractivity (Wildman–Crippen MR) is 122 cm³/mol. The number of carbonyl (C=O) groups is 1. The smallest absolute Gasteiger partial charge is 0.266 e. The normalized spacial score (nSPS) is 13.3. The van der Waals surface area contributed by atoms with Crippen LogP contribution in [0.4, 0.5) is 5.69 Å². The summed E-state index contributed by atoms with van der Waals surface area (Å²) in [5, 5.41) is 9.23. The van der Waals surface area contributed by atoms with Crippen molar-refractivity contribution in [1.82, 2.24) is 9.29 Å². The minimum absolute atomic E-state index is 0.0755. The summed E-state index contributed by atoms with van der Waals surface area (Å²) in [6.07, 6.45) is 1.22. The Balaban J connectivity index is 1.80. The maximum Gasteiger partial charge on any atom is 0.266 e. The molecule has 0 fully saturated rings. The SMILES string of the molecule is CCN(CC)S(=O)(=O)c1ccc2c(c1)CCN2C(=O)CCc1c(C)[nH]c(=O)c(C#N)c1C. The van der Waals surface area contributed by atoms with Crippen LogP contribution in [0.15, 0.2) is 27.9 Å². The lowest BCUT2D eigenvalue weighted by molar-refractivity contribution is -0.118. The van der Waals surface area contributed by atoms with E-state index < -0.39 is 15.6 Å². The third kappa shape index (κ3) is 4.20. The van der Waals surface area contributed by atoms with E-state index in [0.717, 1.165) is 16.8 Å². The van der Waals surface area contributed by atoms with Crippen molar-refractivity contribution in [2.75, 3.05) is 24.5 Å². The number of aryl methyl sites for hydroxylation is 1. The molecule has 0 atom stereocenters. The molecule has 3 rings (SSSR count). The largest absolute Gasteiger partial charge is 0.325 e. The van der Waals surface area contributed by atoms with Crippen LogP contribution in [0.5, 0.6) is 0 Å². The molecule has 32 heavy (non-hydrogen) atoms. The lowest BCUT2D eigenvalue weighted by Crippen LogP contribution is -2.31. The average Bonchev–Trinajstić information content (AvgIpc) is 3.17. The molecule has 0 unspecified atom stereocenters. The molecule has 1 aliphatic heterocycles. The summed E-state index contributed by atoms with van der Waals surface area (Å²) in [7, 11) is -3.55. The van der Waals surface area contributed by atoms with E-state index in [2.05, 4.69) is 4.98 Å². The second-order valence-corrected chi connectivity index (χ2v) is 9.78. The second kappa shape index (κ2) is 9.27. The number of fused-ring (bicyclic) bond motifs is 1. The second-order valence-electron chi connectivity index (χ2n) is 7.84. The minimum atomic E-state index is -3.55. The minimum Gasteiger partial charge on any atom is -0.325 e. The topological polar surface area (TPSA) is 114 Å². The van der Waals surface area contributed by atoms with Crippen LogP contribution in [-0.4, -0.2) is 43.2 Å². The highest BCUT2D eigenvalue weighted by molar-refractivity contribution is 7.89.